The average Bonchev–Trinajstić information content (AvgIpc) is 3.08. The van der Waals surface area contributed by atoms with Gasteiger partial charge in [-0.05, 0) is 98.8 Å². The minimum atomic E-state index is -0.601. The van der Waals surface area contributed by atoms with Crippen LogP contribution in [0.15, 0.2) is 0 Å². The Kier molecular flexibility index (Phi) is 11.5. The van der Waals surface area contributed by atoms with Crippen molar-refractivity contribution in [2.45, 2.75) is 117 Å². The van der Waals surface area contributed by atoms with E-state index >= 15 is 0 Å². The highest BCUT2D eigenvalue weighted by molar-refractivity contribution is 5.73. The molecule has 0 aromatic carbocycles. The summed E-state index contributed by atoms with van der Waals surface area (Å²) in [5, 5.41) is 5.40. The van der Waals surface area contributed by atoms with Gasteiger partial charge in [0, 0.05) is 6.54 Å². The van der Waals surface area contributed by atoms with E-state index in [0.717, 1.165) is 18.3 Å². The molecule has 9 heteroatoms. The molecule has 9 nitrogen and oxygen atoms in total. The van der Waals surface area contributed by atoms with Crippen LogP contribution in [0, 0.1) is 23.7 Å². The van der Waals surface area contributed by atoms with Gasteiger partial charge in [-0.1, -0.05) is 12.8 Å². The molecule has 0 heterocycles. The van der Waals surface area contributed by atoms with E-state index < -0.39 is 35.3 Å². The van der Waals surface area contributed by atoms with Crippen LogP contribution >= 0.6 is 0 Å². The van der Waals surface area contributed by atoms with E-state index in [9.17, 15) is 14.4 Å². The van der Waals surface area contributed by atoms with Gasteiger partial charge >= 0.3 is 18.2 Å². The van der Waals surface area contributed by atoms with Gasteiger partial charge in [0.15, 0.2) is 0 Å². The number of esters is 1. The van der Waals surface area contributed by atoms with E-state index in [4.69, 9.17) is 18.9 Å². The lowest BCUT2D eigenvalue weighted by Gasteiger charge is -2.32. The van der Waals surface area contributed by atoms with Gasteiger partial charge in [0.05, 0.1) is 24.7 Å². The number of hydrogen-bond acceptors (Lipinski definition) is 7. The smallest absolute Gasteiger partial charge is 0.407 e. The van der Waals surface area contributed by atoms with Gasteiger partial charge in [-0.2, -0.15) is 0 Å². The molecular weight excluding hydrogens is 476 g/mol. The SMILES string of the molecule is C[C@H](COC(=O)[C@H](C)[C@@H](CC1C[C@H]2CC[C@@H](C1)C2)OCCNC(=O)OC(C)(C)C)NC(=O)OC(C)(C)C. The Balaban J connectivity index is 1.87. The monoisotopic (exact) mass is 526 g/mol. The molecule has 2 fully saturated rings. The maximum Gasteiger partial charge on any atom is 0.407 e. The normalized spacial score (nSPS) is 23.9. The standard InChI is InChI=1S/C28H50N2O7/c1-18(30-26(33)37-28(6,7)8)17-35-24(31)19(2)23(16-22-14-20-9-10-21(13-20)15-22)34-12-11-29-25(32)36-27(3,4)5/h18-23H,9-17H2,1-8H3,(H,29,32)(H,30,33)/t18-,19-,20-,21+,22?,23-/m1/s1. The van der Waals surface area contributed by atoms with Crippen molar-refractivity contribution in [3.05, 3.63) is 0 Å². The number of alkyl carbamates (subject to hydrolysis) is 2. The topological polar surface area (TPSA) is 112 Å². The number of hydrogen-bond donors (Lipinski definition) is 2. The molecule has 0 aromatic heterocycles. The number of fused-ring (bicyclic) bond motifs is 2. The summed E-state index contributed by atoms with van der Waals surface area (Å²) in [5.74, 6) is 1.27. The fraction of sp³-hybridized carbons (Fsp3) is 0.893. The molecule has 0 aliphatic heterocycles. The molecule has 2 N–H and O–H groups in total. The Morgan fingerprint density at radius 1 is 0.865 bits per heavy atom. The first-order valence-electron chi connectivity index (χ1n) is 13.9. The number of rotatable bonds is 11. The third-order valence-corrected chi connectivity index (χ3v) is 6.82. The van der Waals surface area contributed by atoms with Crippen molar-refractivity contribution < 1.29 is 33.3 Å². The Morgan fingerprint density at radius 2 is 1.43 bits per heavy atom. The highest BCUT2D eigenvalue weighted by Crippen LogP contribution is 2.46. The summed E-state index contributed by atoms with van der Waals surface area (Å²) in [6, 6.07) is -0.391. The first-order valence-corrected chi connectivity index (χ1v) is 13.9. The minimum Gasteiger partial charge on any atom is -0.463 e. The fourth-order valence-electron chi connectivity index (χ4n) is 5.30. The largest absolute Gasteiger partial charge is 0.463 e. The molecule has 2 rings (SSSR count). The van der Waals surface area contributed by atoms with Crippen LogP contribution in [0.3, 0.4) is 0 Å². The van der Waals surface area contributed by atoms with Gasteiger partial charge in [0.25, 0.3) is 0 Å². The van der Waals surface area contributed by atoms with Crippen LogP contribution in [0.4, 0.5) is 9.59 Å². The molecule has 0 radical (unpaired) electrons. The zero-order valence-corrected chi connectivity index (χ0v) is 24.2. The van der Waals surface area contributed by atoms with Crippen LogP contribution in [0.5, 0.6) is 0 Å². The van der Waals surface area contributed by atoms with Crippen molar-refractivity contribution in [1.29, 1.82) is 0 Å². The van der Waals surface area contributed by atoms with Crippen LogP contribution in [-0.2, 0) is 23.7 Å². The molecule has 1 unspecified atom stereocenters. The van der Waals surface area contributed by atoms with Gasteiger partial charge in [-0.15, -0.1) is 0 Å². The van der Waals surface area contributed by atoms with E-state index in [1.165, 1.54) is 32.1 Å². The van der Waals surface area contributed by atoms with Gasteiger partial charge in [0.2, 0.25) is 0 Å². The number of carbonyl (C=O) groups is 3. The second-order valence-corrected chi connectivity index (χ2v) is 12.9. The van der Waals surface area contributed by atoms with Crippen molar-refractivity contribution in [1.82, 2.24) is 10.6 Å². The molecule has 0 saturated heterocycles. The van der Waals surface area contributed by atoms with Gasteiger partial charge in [0.1, 0.15) is 17.8 Å². The summed E-state index contributed by atoms with van der Waals surface area (Å²) in [7, 11) is 0. The predicted molar refractivity (Wildman–Crippen MR) is 141 cm³/mol. The molecule has 6 atom stereocenters. The minimum absolute atomic E-state index is 0.0446. The fourth-order valence-corrected chi connectivity index (χ4v) is 5.30. The summed E-state index contributed by atoms with van der Waals surface area (Å²) in [4.78, 5) is 36.9. The number of nitrogens with one attached hydrogen (secondary N) is 2. The van der Waals surface area contributed by atoms with Crippen molar-refractivity contribution in [3.63, 3.8) is 0 Å². The maximum atomic E-state index is 12.9. The van der Waals surface area contributed by atoms with E-state index in [1.807, 2.05) is 27.7 Å². The van der Waals surface area contributed by atoms with Crippen LogP contribution in [0.25, 0.3) is 0 Å². The molecule has 0 spiro atoms. The quantitative estimate of drug-likeness (QED) is 0.216. The van der Waals surface area contributed by atoms with Crippen LogP contribution in [0.2, 0.25) is 0 Å². The molecule has 2 aliphatic rings. The second kappa shape index (κ2) is 13.7. The molecule has 37 heavy (non-hydrogen) atoms. The summed E-state index contributed by atoms with van der Waals surface area (Å²) in [6.45, 7) is 15.0. The van der Waals surface area contributed by atoms with Crippen molar-refractivity contribution in [2.75, 3.05) is 19.8 Å². The second-order valence-electron chi connectivity index (χ2n) is 12.9. The van der Waals surface area contributed by atoms with E-state index in [0.29, 0.717) is 12.5 Å². The number of carbonyl (C=O) groups excluding carboxylic acids is 3. The molecule has 2 bridgehead atoms. The lowest BCUT2D eigenvalue weighted by molar-refractivity contribution is -0.154. The summed E-state index contributed by atoms with van der Waals surface area (Å²) in [6.07, 6.45) is 5.77. The third kappa shape index (κ3) is 12.4. The van der Waals surface area contributed by atoms with Crippen molar-refractivity contribution >= 4 is 18.2 Å². The molecule has 2 aliphatic carbocycles. The average molecular weight is 527 g/mol. The highest BCUT2D eigenvalue weighted by Gasteiger charge is 2.37. The van der Waals surface area contributed by atoms with Gasteiger partial charge < -0.3 is 29.6 Å². The first kappa shape index (κ1) is 31.2. The van der Waals surface area contributed by atoms with Gasteiger partial charge in [-0.25, -0.2) is 9.59 Å². The number of ether oxygens (including phenoxy) is 4. The molecule has 2 saturated carbocycles. The third-order valence-electron chi connectivity index (χ3n) is 6.82. The Bertz CT molecular complexity index is 747. The van der Waals surface area contributed by atoms with Crippen LogP contribution < -0.4 is 10.6 Å². The first-order chi connectivity index (χ1) is 17.1. The molecule has 2 amide bonds. The summed E-state index contributed by atoms with van der Waals surface area (Å²) >= 11 is 0. The Labute approximate surface area is 223 Å². The van der Waals surface area contributed by atoms with Gasteiger partial charge in [-0.3, -0.25) is 4.79 Å². The lowest BCUT2D eigenvalue weighted by Crippen LogP contribution is -2.41. The summed E-state index contributed by atoms with van der Waals surface area (Å²) in [5.41, 5.74) is -1.17. The number of amides is 2. The zero-order valence-electron chi connectivity index (χ0n) is 24.2. The van der Waals surface area contributed by atoms with Crippen molar-refractivity contribution in [2.24, 2.45) is 23.7 Å². The summed E-state index contributed by atoms with van der Waals surface area (Å²) < 4.78 is 22.2. The lowest BCUT2D eigenvalue weighted by atomic mass is 9.77. The Hall–Kier alpha value is -2.03. The van der Waals surface area contributed by atoms with E-state index in [2.05, 4.69) is 10.6 Å². The van der Waals surface area contributed by atoms with E-state index in [-0.39, 0.29) is 25.3 Å². The Morgan fingerprint density at radius 3 is 2.00 bits per heavy atom. The van der Waals surface area contributed by atoms with Crippen LogP contribution in [-0.4, -0.2) is 61.3 Å². The molecule has 0 aromatic rings. The molecular formula is C28H50N2O7. The van der Waals surface area contributed by atoms with Crippen molar-refractivity contribution in [3.8, 4) is 0 Å². The van der Waals surface area contributed by atoms with E-state index in [1.54, 1.807) is 27.7 Å². The highest BCUT2D eigenvalue weighted by atomic mass is 16.6. The molecule has 214 valence electrons. The van der Waals surface area contributed by atoms with Crippen LogP contribution in [0.1, 0.15) is 93.9 Å². The zero-order chi connectivity index (χ0) is 27.8. The maximum absolute atomic E-state index is 12.9. The predicted octanol–water partition coefficient (Wildman–Crippen LogP) is 5.21.